The molecule has 0 saturated heterocycles. The second-order valence-corrected chi connectivity index (χ2v) is 7.79. The van der Waals surface area contributed by atoms with Crippen LogP contribution in [0, 0.1) is 5.92 Å². The van der Waals surface area contributed by atoms with Gasteiger partial charge in [-0.05, 0) is 39.5 Å². The lowest BCUT2D eigenvalue weighted by atomic mass is 10.0. The molecule has 0 bridgehead atoms. The maximum atomic E-state index is 11.7. The van der Waals surface area contributed by atoms with Crippen LogP contribution in [0.4, 0.5) is 4.79 Å². The number of thiazole rings is 1. The van der Waals surface area contributed by atoms with Gasteiger partial charge >= 0.3 is 6.09 Å². The highest BCUT2D eigenvalue weighted by molar-refractivity contribution is 7.09. The molecule has 124 valence electrons. The van der Waals surface area contributed by atoms with Gasteiger partial charge in [-0.15, -0.1) is 11.3 Å². The van der Waals surface area contributed by atoms with Gasteiger partial charge in [-0.3, -0.25) is 0 Å². The standard InChI is InChI=1S/C16H27N3O2S/c1-16(2,3)21-15(20)19-11-12-5-4-6-13(12)17-8-7-14-18-9-10-22-14/h9-10,12-13,17H,4-8,11H2,1-3H3,(H,19,20). The van der Waals surface area contributed by atoms with E-state index in [1.54, 1.807) is 11.3 Å². The summed E-state index contributed by atoms with van der Waals surface area (Å²) in [6, 6.07) is 0.481. The fourth-order valence-electron chi connectivity index (χ4n) is 2.82. The highest BCUT2D eigenvalue weighted by Crippen LogP contribution is 2.25. The normalized spacial score (nSPS) is 21.8. The van der Waals surface area contributed by atoms with Gasteiger partial charge in [0.15, 0.2) is 0 Å². The first-order valence-corrected chi connectivity index (χ1v) is 8.90. The van der Waals surface area contributed by atoms with Crippen LogP contribution in [0.3, 0.4) is 0 Å². The van der Waals surface area contributed by atoms with E-state index in [0.29, 0.717) is 18.5 Å². The smallest absolute Gasteiger partial charge is 0.407 e. The zero-order valence-electron chi connectivity index (χ0n) is 13.7. The average molecular weight is 325 g/mol. The van der Waals surface area contributed by atoms with E-state index in [0.717, 1.165) is 19.4 Å². The van der Waals surface area contributed by atoms with Crippen molar-refractivity contribution in [3.8, 4) is 0 Å². The van der Waals surface area contributed by atoms with Gasteiger partial charge in [-0.25, -0.2) is 9.78 Å². The Morgan fingerprint density at radius 1 is 1.45 bits per heavy atom. The zero-order chi connectivity index (χ0) is 16.0. The van der Waals surface area contributed by atoms with Crippen LogP contribution in [0.2, 0.25) is 0 Å². The molecule has 2 atom stereocenters. The van der Waals surface area contributed by atoms with Crippen LogP contribution in [-0.2, 0) is 11.2 Å². The van der Waals surface area contributed by atoms with Crippen LogP contribution >= 0.6 is 11.3 Å². The van der Waals surface area contributed by atoms with Gasteiger partial charge in [0.05, 0.1) is 5.01 Å². The van der Waals surface area contributed by atoms with E-state index in [1.807, 2.05) is 32.3 Å². The molecule has 0 spiro atoms. The molecule has 1 aromatic heterocycles. The summed E-state index contributed by atoms with van der Waals surface area (Å²) in [7, 11) is 0. The Kier molecular flexibility index (Phi) is 6.20. The number of nitrogens with one attached hydrogen (secondary N) is 2. The van der Waals surface area contributed by atoms with Crippen molar-refractivity contribution in [2.45, 2.75) is 58.1 Å². The SMILES string of the molecule is CC(C)(C)OC(=O)NCC1CCCC1NCCc1nccs1. The van der Waals surface area contributed by atoms with E-state index in [1.165, 1.54) is 17.8 Å². The Morgan fingerprint density at radius 3 is 2.95 bits per heavy atom. The molecular formula is C16H27N3O2S. The molecule has 1 fully saturated rings. The molecule has 2 N–H and O–H groups in total. The predicted octanol–water partition coefficient (Wildman–Crippen LogP) is 2.97. The molecule has 1 heterocycles. The van der Waals surface area contributed by atoms with Crippen LogP contribution in [0.15, 0.2) is 11.6 Å². The van der Waals surface area contributed by atoms with Gasteiger partial charge in [-0.2, -0.15) is 0 Å². The monoisotopic (exact) mass is 325 g/mol. The Labute approximate surface area is 136 Å². The summed E-state index contributed by atoms with van der Waals surface area (Å²) in [5.74, 6) is 0.490. The number of rotatable bonds is 6. The summed E-state index contributed by atoms with van der Waals surface area (Å²) in [6.07, 6.45) is 6.06. The van der Waals surface area contributed by atoms with Crippen LogP contribution in [0.25, 0.3) is 0 Å². The Bertz CT molecular complexity index is 456. The quantitative estimate of drug-likeness (QED) is 0.844. The lowest BCUT2D eigenvalue weighted by Gasteiger charge is -2.23. The van der Waals surface area contributed by atoms with E-state index < -0.39 is 5.60 Å². The van der Waals surface area contributed by atoms with Crippen molar-refractivity contribution in [2.24, 2.45) is 5.92 Å². The van der Waals surface area contributed by atoms with Crippen molar-refractivity contribution in [1.82, 2.24) is 15.6 Å². The number of alkyl carbamates (subject to hydrolysis) is 1. The van der Waals surface area contributed by atoms with Crippen molar-refractivity contribution in [3.63, 3.8) is 0 Å². The number of nitrogens with zero attached hydrogens (tertiary/aromatic N) is 1. The van der Waals surface area contributed by atoms with Gasteiger partial charge in [0.2, 0.25) is 0 Å². The van der Waals surface area contributed by atoms with Crippen molar-refractivity contribution in [1.29, 1.82) is 0 Å². The van der Waals surface area contributed by atoms with Crippen LogP contribution in [0.1, 0.15) is 45.0 Å². The Morgan fingerprint density at radius 2 is 2.27 bits per heavy atom. The molecule has 0 aliphatic heterocycles. The minimum Gasteiger partial charge on any atom is -0.444 e. The molecule has 22 heavy (non-hydrogen) atoms. The predicted molar refractivity (Wildman–Crippen MR) is 89.2 cm³/mol. The number of amides is 1. The largest absolute Gasteiger partial charge is 0.444 e. The molecule has 1 aromatic rings. The number of carbonyl (C=O) groups excluding carboxylic acids is 1. The van der Waals surface area contributed by atoms with Crippen LogP contribution in [0.5, 0.6) is 0 Å². The number of aromatic nitrogens is 1. The van der Waals surface area contributed by atoms with Crippen molar-refractivity contribution < 1.29 is 9.53 Å². The van der Waals surface area contributed by atoms with Gasteiger partial charge in [0, 0.05) is 37.1 Å². The first-order chi connectivity index (χ1) is 10.4. The summed E-state index contributed by atoms with van der Waals surface area (Å²) in [5, 5.41) is 9.71. The van der Waals surface area contributed by atoms with Gasteiger partial charge in [0.25, 0.3) is 0 Å². The van der Waals surface area contributed by atoms with E-state index in [-0.39, 0.29) is 6.09 Å². The highest BCUT2D eigenvalue weighted by Gasteiger charge is 2.27. The van der Waals surface area contributed by atoms with Crippen molar-refractivity contribution in [2.75, 3.05) is 13.1 Å². The fourth-order valence-corrected chi connectivity index (χ4v) is 3.44. The Balaban J connectivity index is 1.68. The second kappa shape index (κ2) is 7.92. The maximum Gasteiger partial charge on any atom is 0.407 e. The van der Waals surface area contributed by atoms with E-state index in [4.69, 9.17) is 4.74 Å². The molecule has 1 aliphatic carbocycles. The third-order valence-corrected chi connectivity index (χ3v) is 4.63. The van der Waals surface area contributed by atoms with E-state index >= 15 is 0 Å². The molecule has 1 aliphatic rings. The second-order valence-electron chi connectivity index (χ2n) is 6.81. The Hall–Kier alpha value is -1.14. The summed E-state index contributed by atoms with van der Waals surface area (Å²) in [4.78, 5) is 16.0. The first kappa shape index (κ1) is 17.2. The van der Waals surface area contributed by atoms with Crippen LogP contribution < -0.4 is 10.6 Å². The zero-order valence-corrected chi connectivity index (χ0v) is 14.5. The first-order valence-electron chi connectivity index (χ1n) is 8.02. The van der Waals surface area contributed by atoms with E-state index in [9.17, 15) is 4.79 Å². The van der Waals surface area contributed by atoms with Gasteiger partial charge < -0.3 is 15.4 Å². The van der Waals surface area contributed by atoms with Crippen molar-refractivity contribution in [3.05, 3.63) is 16.6 Å². The molecular weight excluding hydrogens is 298 g/mol. The van der Waals surface area contributed by atoms with Gasteiger partial charge in [0.1, 0.15) is 5.60 Å². The molecule has 2 unspecified atom stereocenters. The molecule has 2 rings (SSSR count). The number of ether oxygens (including phenoxy) is 1. The summed E-state index contributed by atoms with van der Waals surface area (Å²) >= 11 is 1.70. The summed E-state index contributed by atoms with van der Waals surface area (Å²) < 4.78 is 5.29. The highest BCUT2D eigenvalue weighted by atomic mass is 32.1. The molecule has 0 aromatic carbocycles. The molecule has 1 amide bonds. The number of hydrogen-bond donors (Lipinski definition) is 2. The molecule has 5 nitrogen and oxygen atoms in total. The number of hydrogen-bond acceptors (Lipinski definition) is 5. The minimum absolute atomic E-state index is 0.319. The topological polar surface area (TPSA) is 63.2 Å². The third kappa shape index (κ3) is 5.93. The lowest BCUT2D eigenvalue weighted by Crippen LogP contribution is -2.41. The average Bonchev–Trinajstić information content (AvgIpc) is 3.06. The fraction of sp³-hybridized carbons (Fsp3) is 0.750. The minimum atomic E-state index is -0.439. The molecule has 0 radical (unpaired) electrons. The van der Waals surface area contributed by atoms with Crippen molar-refractivity contribution >= 4 is 17.4 Å². The lowest BCUT2D eigenvalue weighted by molar-refractivity contribution is 0.0517. The molecule has 1 saturated carbocycles. The summed E-state index contributed by atoms with van der Waals surface area (Å²) in [6.45, 7) is 7.27. The number of carbonyl (C=O) groups is 1. The molecule has 6 heteroatoms. The van der Waals surface area contributed by atoms with E-state index in [2.05, 4.69) is 15.6 Å². The summed E-state index contributed by atoms with van der Waals surface area (Å²) in [5.41, 5.74) is -0.439. The van der Waals surface area contributed by atoms with Gasteiger partial charge in [-0.1, -0.05) is 6.42 Å². The maximum absolute atomic E-state index is 11.7. The van der Waals surface area contributed by atoms with Crippen LogP contribution in [-0.4, -0.2) is 35.8 Å². The third-order valence-electron chi connectivity index (χ3n) is 3.80.